The van der Waals surface area contributed by atoms with E-state index >= 15 is 0 Å². The van der Waals surface area contributed by atoms with Crippen LogP contribution in [0.4, 0.5) is 0 Å². The Hall–Kier alpha value is -0.830. The normalized spacial score (nSPS) is 38.7. The number of allylic oxidation sites excluding steroid dienone is 1. The predicted molar refractivity (Wildman–Crippen MR) is 60.7 cm³/mol. The molecule has 0 aromatic heterocycles. The van der Waals surface area contributed by atoms with Gasteiger partial charge < -0.3 is 9.84 Å². The van der Waals surface area contributed by atoms with Crippen LogP contribution in [0.25, 0.3) is 0 Å². The van der Waals surface area contributed by atoms with Crippen LogP contribution in [0.15, 0.2) is 11.6 Å². The van der Waals surface area contributed by atoms with Crippen molar-refractivity contribution in [2.75, 3.05) is 6.61 Å². The highest BCUT2D eigenvalue weighted by atomic mass is 16.6. The lowest BCUT2D eigenvalue weighted by Crippen LogP contribution is -2.19. The van der Waals surface area contributed by atoms with E-state index in [0.717, 1.165) is 19.3 Å². The Morgan fingerprint density at radius 3 is 2.94 bits per heavy atom. The first-order valence-electron chi connectivity index (χ1n) is 6.12. The van der Waals surface area contributed by atoms with Gasteiger partial charge in [0.2, 0.25) is 0 Å². The molecule has 3 heteroatoms. The van der Waals surface area contributed by atoms with Gasteiger partial charge in [0, 0.05) is 12.5 Å². The number of hydrogen-bond donors (Lipinski definition) is 1. The van der Waals surface area contributed by atoms with Gasteiger partial charge in [0.15, 0.2) is 0 Å². The summed E-state index contributed by atoms with van der Waals surface area (Å²) in [6.07, 6.45) is 4.90. The summed E-state index contributed by atoms with van der Waals surface area (Å²) >= 11 is 0. The van der Waals surface area contributed by atoms with Gasteiger partial charge in [-0.2, -0.15) is 0 Å². The molecule has 2 aliphatic rings. The third-order valence-corrected chi connectivity index (χ3v) is 3.81. The number of aliphatic hydroxyl groups excluding tert-OH is 1. The van der Waals surface area contributed by atoms with Gasteiger partial charge in [-0.25, -0.2) is 0 Å². The Balaban J connectivity index is 2.15. The summed E-state index contributed by atoms with van der Waals surface area (Å²) in [6.45, 7) is 4.30. The lowest BCUT2D eigenvalue weighted by Gasteiger charge is -2.17. The molecule has 1 saturated heterocycles. The zero-order valence-corrected chi connectivity index (χ0v) is 9.98. The minimum absolute atomic E-state index is 0.0115. The van der Waals surface area contributed by atoms with E-state index in [2.05, 4.69) is 13.0 Å². The van der Waals surface area contributed by atoms with Crippen molar-refractivity contribution in [2.24, 2.45) is 17.8 Å². The standard InChI is InChI=1S/C13H20O3/c1-8-5-10(3-4-14)7-11-9(2)13(15)16-12(11)6-8/h5,8-9,11-12,14H,3-4,6-7H2,1-2H3/t8-,9+,11-,12-/m1/s1. The third kappa shape index (κ3) is 2.14. The molecule has 1 aliphatic carbocycles. The van der Waals surface area contributed by atoms with E-state index in [4.69, 9.17) is 9.84 Å². The predicted octanol–water partition coefficient (Wildman–Crippen LogP) is 1.90. The molecule has 0 spiro atoms. The van der Waals surface area contributed by atoms with Crippen molar-refractivity contribution >= 4 is 5.97 Å². The van der Waals surface area contributed by atoms with Crippen LogP contribution >= 0.6 is 0 Å². The fraction of sp³-hybridized carbons (Fsp3) is 0.769. The van der Waals surface area contributed by atoms with E-state index in [9.17, 15) is 4.79 Å². The summed E-state index contributed by atoms with van der Waals surface area (Å²) in [6, 6.07) is 0. The van der Waals surface area contributed by atoms with Crippen LogP contribution in [0.3, 0.4) is 0 Å². The lowest BCUT2D eigenvalue weighted by molar-refractivity contribution is -0.144. The van der Waals surface area contributed by atoms with Crippen molar-refractivity contribution in [3.63, 3.8) is 0 Å². The second-order valence-electron chi connectivity index (χ2n) is 5.14. The molecular weight excluding hydrogens is 204 g/mol. The van der Waals surface area contributed by atoms with Crippen molar-refractivity contribution in [2.45, 2.75) is 39.2 Å². The summed E-state index contributed by atoms with van der Waals surface area (Å²) in [7, 11) is 0. The molecule has 0 aromatic carbocycles. The van der Waals surface area contributed by atoms with Gasteiger partial charge in [-0.15, -0.1) is 0 Å². The maximum atomic E-state index is 11.5. The molecule has 90 valence electrons. The summed E-state index contributed by atoms with van der Waals surface area (Å²) in [5.74, 6) is 0.717. The molecular formula is C13H20O3. The fourth-order valence-corrected chi connectivity index (χ4v) is 2.91. The van der Waals surface area contributed by atoms with Crippen LogP contribution in [0.2, 0.25) is 0 Å². The number of carbonyl (C=O) groups excluding carboxylic acids is 1. The average molecular weight is 224 g/mol. The third-order valence-electron chi connectivity index (χ3n) is 3.81. The highest BCUT2D eigenvalue weighted by molar-refractivity contribution is 5.75. The van der Waals surface area contributed by atoms with Crippen molar-refractivity contribution in [1.29, 1.82) is 0 Å². The smallest absolute Gasteiger partial charge is 0.309 e. The molecule has 0 saturated carbocycles. The lowest BCUT2D eigenvalue weighted by atomic mass is 9.85. The monoisotopic (exact) mass is 224 g/mol. The molecule has 2 rings (SSSR count). The molecule has 16 heavy (non-hydrogen) atoms. The Bertz CT molecular complexity index is 308. The van der Waals surface area contributed by atoms with Gasteiger partial charge in [-0.3, -0.25) is 4.79 Å². The Labute approximate surface area is 96.5 Å². The Kier molecular flexibility index (Phi) is 3.33. The molecule has 0 radical (unpaired) electrons. The molecule has 1 N–H and O–H groups in total. The molecule has 0 amide bonds. The first kappa shape index (κ1) is 11.6. The van der Waals surface area contributed by atoms with E-state index in [1.165, 1.54) is 5.57 Å². The van der Waals surface area contributed by atoms with E-state index in [1.54, 1.807) is 0 Å². The summed E-state index contributed by atoms with van der Waals surface area (Å²) in [4.78, 5) is 11.5. The fourth-order valence-electron chi connectivity index (χ4n) is 2.91. The minimum Gasteiger partial charge on any atom is -0.462 e. The van der Waals surface area contributed by atoms with E-state index in [-0.39, 0.29) is 24.6 Å². The number of rotatable bonds is 2. The number of hydrogen-bond acceptors (Lipinski definition) is 3. The number of carbonyl (C=O) groups is 1. The van der Waals surface area contributed by atoms with Crippen LogP contribution in [-0.4, -0.2) is 23.8 Å². The minimum atomic E-state index is -0.0487. The van der Waals surface area contributed by atoms with Crippen LogP contribution in [0, 0.1) is 17.8 Å². The van der Waals surface area contributed by atoms with Gasteiger partial charge in [-0.05, 0) is 25.2 Å². The second-order valence-corrected chi connectivity index (χ2v) is 5.14. The molecule has 0 aromatic rings. The Morgan fingerprint density at radius 2 is 2.25 bits per heavy atom. The summed E-state index contributed by atoms with van der Waals surface area (Å²) in [5, 5.41) is 9.02. The highest BCUT2D eigenvalue weighted by Gasteiger charge is 2.43. The van der Waals surface area contributed by atoms with E-state index in [1.807, 2.05) is 6.92 Å². The van der Waals surface area contributed by atoms with Crippen LogP contribution in [-0.2, 0) is 9.53 Å². The summed E-state index contributed by atoms with van der Waals surface area (Å²) in [5.41, 5.74) is 1.28. The molecule has 0 bridgehead atoms. The van der Waals surface area contributed by atoms with Gasteiger partial charge in [0.25, 0.3) is 0 Å². The Morgan fingerprint density at radius 1 is 1.50 bits per heavy atom. The largest absolute Gasteiger partial charge is 0.462 e. The van der Waals surface area contributed by atoms with Gasteiger partial charge in [-0.1, -0.05) is 25.5 Å². The zero-order valence-electron chi connectivity index (χ0n) is 9.98. The first-order chi connectivity index (χ1) is 7.61. The molecule has 1 heterocycles. The maximum absolute atomic E-state index is 11.5. The average Bonchev–Trinajstić information content (AvgIpc) is 2.40. The molecule has 4 atom stereocenters. The first-order valence-corrected chi connectivity index (χ1v) is 6.12. The van der Waals surface area contributed by atoms with E-state index < -0.39 is 0 Å². The second kappa shape index (κ2) is 4.58. The SMILES string of the molecule is C[C@@H]1C=C(CCO)C[C@@H]2[C@H](C)C(=O)O[C@@H]2C1. The van der Waals surface area contributed by atoms with Crippen molar-refractivity contribution in [3.8, 4) is 0 Å². The van der Waals surface area contributed by atoms with Gasteiger partial charge in [0.1, 0.15) is 6.10 Å². The number of esters is 1. The number of ether oxygens (including phenoxy) is 1. The van der Waals surface area contributed by atoms with Crippen molar-refractivity contribution in [3.05, 3.63) is 11.6 Å². The molecule has 1 aliphatic heterocycles. The van der Waals surface area contributed by atoms with Crippen LogP contribution in [0.5, 0.6) is 0 Å². The van der Waals surface area contributed by atoms with Crippen molar-refractivity contribution < 1.29 is 14.6 Å². The quantitative estimate of drug-likeness (QED) is 0.575. The summed E-state index contributed by atoms with van der Waals surface area (Å²) < 4.78 is 5.42. The molecule has 1 fully saturated rings. The van der Waals surface area contributed by atoms with Crippen LogP contribution in [0.1, 0.15) is 33.1 Å². The van der Waals surface area contributed by atoms with Crippen molar-refractivity contribution in [1.82, 2.24) is 0 Å². The number of aliphatic hydroxyl groups is 1. The number of fused-ring (bicyclic) bond motifs is 1. The van der Waals surface area contributed by atoms with Crippen LogP contribution < -0.4 is 0 Å². The topological polar surface area (TPSA) is 46.5 Å². The highest BCUT2D eigenvalue weighted by Crippen LogP contribution is 2.39. The molecule has 0 unspecified atom stereocenters. The molecule has 3 nitrogen and oxygen atoms in total. The maximum Gasteiger partial charge on any atom is 0.309 e. The van der Waals surface area contributed by atoms with Gasteiger partial charge in [0.05, 0.1) is 5.92 Å². The zero-order chi connectivity index (χ0) is 11.7. The van der Waals surface area contributed by atoms with Gasteiger partial charge >= 0.3 is 5.97 Å². The van der Waals surface area contributed by atoms with E-state index in [0.29, 0.717) is 11.8 Å².